The molecule has 2 N–H and O–H groups in total. The Morgan fingerprint density at radius 2 is 2.06 bits per heavy atom. The number of nitrogens with two attached hydrogens (primary N) is 1. The van der Waals surface area contributed by atoms with Crippen LogP contribution >= 0.6 is 23.2 Å². The van der Waals surface area contributed by atoms with Crippen molar-refractivity contribution in [1.29, 1.82) is 0 Å². The topological polar surface area (TPSA) is 38.5 Å². The van der Waals surface area contributed by atoms with E-state index in [2.05, 4.69) is 4.90 Å². The molecule has 0 amide bonds. The first-order chi connectivity index (χ1) is 8.70. The van der Waals surface area contributed by atoms with Crippen LogP contribution in [0.4, 0.5) is 0 Å². The molecule has 1 fully saturated rings. The summed E-state index contributed by atoms with van der Waals surface area (Å²) in [6.07, 6.45) is 1.18. The maximum absolute atomic E-state index is 6.03. The highest BCUT2D eigenvalue weighted by atomic mass is 35.5. The van der Waals surface area contributed by atoms with E-state index < -0.39 is 0 Å². The lowest BCUT2D eigenvalue weighted by Gasteiger charge is -2.16. The average Bonchev–Trinajstić information content (AvgIpc) is 2.81. The first-order valence-electron chi connectivity index (χ1n) is 6.20. The molecule has 1 aromatic carbocycles. The maximum Gasteiger partial charge on any atom is 0.156 e. The third-order valence-corrected chi connectivity index (χ3v) is 3.87. The van der Waals surface area contributed by atoms with E-state index in [-0.39, 0.29) is 0 Å². The van der Waals surface area contributed by atoms with E-state index >= 15 is 0 Å². The molecule has 1 heterocycles. The Bertz CT molecular complexity index is 380. The first kappa shape index (κ1) is 13.9. The van der Waals surface area contributed by atoms with Crippen LogP contribution in [0.3, 0.4) is 0 Å². The quantitative estimate of drug-likeness (QED) is 0.905. The molecule has 0 spiro atoms. The highest BCUT2D eigenvalue weighted by Crippen LogP contribution is 2.32. The molecule has 0 aliphatic carbocycles. The zero-order chi connectivity index (χ0) is 13.0. The van der Waals surface area contributed by atoms with Gasteiger partial charge in [0.1, 0.15) is 6.61 Å². The van der Waals surface area contributed by atoms with Gasteiger partial charge < -0.3 is 10.5 Å². The molecular formula is C13H18Cl2N2O. The van der Waals surface area contributed by atoms with E-state index in [1.807, 2.05) is 6.07 Å². The molecule has 1 unspecified atom stereocenters. The molecule has 18 heavy (non-hydrogen) atoms. The fraction of sp³-hybridized carbons (Fsp3) is 0.538. The van der Waals surface area contributed by atoms with Gasteiger partial charge in [-0.1, -0.05) is 29.3 Å². The van der Waals surface area contributed by atoms with Crippen LogP contribution < -0.4 is 10.5 Å². The zero-order valence-corrected chi connectivity index (χ0v) is 11.8. The van der Waals surface area contributed by atoms with Gasteiger partial charge in [0.2, 0.25) is 0 Å². The summed E-state index contributed by atoms with van der Waals surface area (Å²) in [5.74, 6) is 1.21. The molecule has 1 aliphatic heterocycles. The average molecular weight is 289 g/mol. The largest absolute Gasteiger partial charge is 0.489 e. The van der Waals surface area contributed by atoms with E-state index in [1.165, 1.54) is 6.42 Å². The highest BCUT2D eigenvalue weighted by molar-refractivity contribution is 6.37. The summed E-state index contributed by atoms with van der Waals surface area (Å²) < 4.78 is 5.66. The van der Waals surface area contributed by atoms with Gasteiger partial charge in [0.05, 0.1) is 10.0 Å². The van der Waals surface area contributed by atoms with Crippen molar-refractivity contribution in [3.05, 3.63) is 28.2 Å². The van der Waals surface area contributed by atoms with Crippen molar-refractivity contribution in [1.82, 2.24) is 4.90 Å². The standard InChI is InChI=1S/C13H18Cl2N2O/c14-11-2-1-3-12(15)13(11)18-7-6-17-5-4-10(8-16)9-17/h1-3,10H,4-9,16H2. The van der Waals surface area contributed by atoms with Gasteiger partial charge in [-0.05, 0) is 37.6 Å². The van der Waals surface area contributed by atoms with Crippen LogP contribution in [-0.4, -0.2) is 37.7 Å². The van der Waals surface area contributed by atoms with Gasteiger partial charge in [-0.3, -0.25) is 4.90 Å². The summed E-state index contributed by atoms with van der Waals surface area (Å²) in [6, 6.07) is 5.37. The number of hydrogen-bond acceptors (Lipinski definition) is 3. The minimum atomic E-state index is 0.559. The smallest absolute Gasteiger partial charge is 0.156 e. The second-order valence-electron chi connectivity index (χ2n) is 4.59. The molecule has 0 radical (unpaired) electrons. The molecule has 1 aromatic rings. The Labute approximate surface area is 118 Å². The molecule has 0 saturated carbocycles. The van der Waals surface area contributed by atoms with Crippen molar-refractivity contribution in [2.75, 3.05) is 32.8 Å². The predicted molar refractivity (Wildman–Crippen MR) is 75.6 cm³/mol. The van der Waals surface area contributed by atoms with Crippen LogP contribution in [0.15, 0.2) is 18.2 Å². The number of nitrogens with zero attached hydrogens (tertiary/aromatic N) is 1. The lowest BCUT2D eigenvalue weighted by Crippen LogP contribution is -2.27. The van der Waals surface area contributed by atoms with E-state index in [0.29, 0.717) is 28.3 Å². The van der Waals surface area contributed by atoms with E-state index in [4.69, 9.17) is 33.7 Å². The molecule has 0 bridgehead atoms. The minimum absolute atomic E-state index is 0.559. The van der Waals surface area contributed by atoms with E-state index in [1.54, 1.807) is 12.1 Å². The van der Waals surface area contributed by atoms with Crippen molar-refractivity contribution in [3.63, 3.8) is 0 Å². The molecule has 5 heteroatoms. The third-order valence-electron chi connectivity index (χ3n) is 3.28. The second-order valence-corrected chi connectivity index (χ2v) is 5.40. The van der Waals surface area contributed by atoms with Gasteiger partial charge in [-0.15, -0.1) is 0 Å². The zero-order valence-electron chi connectivity index (χ0n) is 10.2. The maximum atomic E-state index is 6.03. The molecule has 1 aliphatic rings. The summed E-state index contributed by atoms with van der Waals surface area (Å²) in [6.45, 7) is 4.42. The lowest BCUT2D eigenvalue weighted by molar-refractivity contribution is 0.233. The monoisotopic (exact) mass is 288 g/mol. The minimum Gasteiger partial charge on any atom is -0.489 e. The number of para-hydroxylation sites is 1. The number of likely N-dealkylation sites (tertiary alicyclic amines) is 1. The number of halogens is 2. The van der Waals surface area contributed by atoms with Gasteiger partial charge >= 0.3 is 0 Å². The van der Waals surface area contributed by atoms with Crippen LogP contribution in [0.25, 0.3) is 0 Å². The van der Waals surface area contributed by atoms with Crippen LogP contribution in [0.5, 0.6) is 5.75 Å². The van der Waals surface area contributed by atoms with Crippen molar-refractivity contribution >= 4 is 23.2 Å². The van der Waals surface area contributed by atoms with Crippen molar-refractivity contribution < 1.29 is 4.74 Å². The summed E-state index contributed by atoms with van der Waals surface area (Å²) >= 11 is 12.1. The number of benzene rings is 1. The molecule has 0 aromatic heterocycles. The van der Waals surface area contributed by atoms with Gasteiger partial charge in [0, 0.05) is 13.1 Å². The Morgan fingerprint density at radius 3 is 2.67 bits per heavy atom. The fourth-order valence-electron chi connectivity index (χ4n) is 2.21. The van der Waals surface area contributed by atoms with Crippen LogP contribution in [0, 0.1) is 5.92 Å². The van der Waals surface area contributed by atoms with Crippen molar-refractivity contribution in [2.24, 2.45) is 11.7 Å². The first-order valence-corrected chi connectivity index (χ1v) is 6.95. The highest BCUT2D eigenvalue weighted by Gasteiger charge is 2.20. The third kappa shape index (κ3) is 3.51. The van der Waals surface area contributed by atoms with E-state index in [0.717, 1.165) is 26.2 Å². The van der Waals surface area contributed by atoms with Crippen molar-refractivity contribution in [2.45, 2.75) is 6.42 Å². The summed E-state index contributed by atoms with van der Waals surface area (Å²) in [7, 11) is 0. The molecule has 3 nitrogen and oxygen atoms in total. The van der Waals surface area contributed by atoms with E-state index in [9.17, 15) is 0 Å². The van der Waals surface area contributed by atoms with Crippen LogP contribution in [0.2, 0.25) is 10.0 Å². The number of hydrogen-bond donors (Lipinski definition) is 1. The molecule has 1 atom stereocenters. The van der Waals surface area contributed by atoms with Gasteiger partial charge in [-0.25, -0.2) is 0 Å². The van der Waals surface area contributed by atoms with Gasteiger partial charge in [0.15, 0.2) is 5.75 Å². The summed E-state index contributed by atoms with van der Waals surface area (Å²) in [5.41, 5.74) is 5.66. The van der Waals surface area contributed by atoms with Gasteiger partial charge in [-0.2, -0.15) is 0 Å². The van der Waals surface area contributed by atoms with Crippen LogP contribution in [-0.2, 0) is 0 Å². The summed E-state index contributed by atoms with van der Waals surface area (Å²) in [4.78, 5) is 2.36. The number of ether oxygens (including phenoxy) is 1. The summed E-state index contributed by atoms with van der Waals surface area (Å²) in [5, 5.41) is 1.12. The van der Waals surface area contributed by atoms with Crippen molar-refractivity contribution in [3.8, 4) is 5.75 Å². The molecule has 100 valence electrons. The lowest BCUT2D eigenvalue weighted by atomic mass is 10.1. The SMILES string of the molecule is NCC1CCN(CCOc2c(Cl)cccc2Cl)C1. The molecular weight excluding hydrogens is 271 g/mol. The second kappa shape index (κ2) is 6.62. The Kier molecular flexibility index (Phi) is 5.13. The number of rotatable bonds is 5. The van der Waals surface area contributed by atoms with Crippen LogP contribution in [0.1, 0.15) is 6.42 Å². The molecule has 2 rings (SSSR count). The van der Waals surface area contributed by atoms with Gasteiger partial charge in [0.25, 0.3) is 0 Å². The fourth-order valence-corrected chi connectivity index (χ4v) is 2.71. The Morgan fingerprint density at radius 1 is 1.33 bits per heavy atom. The Hall–Kier alpha value is -0.480. The predicted octanol–water partition coefficient (Wildman–Crippen LogP) is 2.65. The Balaban J connectivity index is 1.79. The molecule has 1 saturated heterocycles. The normalized spacial score (nSPS) is 20.3.